The largest absolute Gasteiger partial charge is 0.481 e. The Balaban J connectivity index is 1.82. The number of aromatic nitrogens is 2. The Morgan fingerprint density at radius 2 is 2.10 bits per heavy atom. The minimum absolute atomic E-state index is 0.132. The van der Waals surface area contributed by atoms with E-state index in [1.165, 1.54) is 20.4 Å². The Morgan fingerprint density at radius 3 is 2.70 bits per heavy atom. The van der Waals surface area contributed by atoms with Crippen LogP contribution in [0, 0.1) is 0 Å². The molecule has 0 spiro atoms. The summed E-state index contributed by atoms with van der Waals surface area (Å²) in [6, 6.07) is 5.06. The van der Waals surface area contributed by atoms with Gasteiger partial charge >= 0.3 is 0 Å². The number of amides is 1. The van der Waals surface area contributed by atoms with E-state index in [2.05, 4.69) is 15.5 Å². The van der Waals surface area contributed by atoms with Crippen molar-refractivity contribution in [3.05, 3.63) is 30.2 Å². The maximum atomic E-state index is 11.8. The van der Waals surface area contributed by atoms with E-state index in [0.29, 0.717) is 29.6 Å². The topological polar surface area (TPSA) is 86.5 Å². The summed E-state index contributed by atoms with van der Waals surface area (Å²) < 4.78 is 14.8. The Bertz CT molecular complexity index is 565. The third kappa shape index (κ3) is 3.71. The molecule has 2 aromatic rings. The molecule has 0 aliphatic heterocycles. The van der Waals surface area contributed by atoms with Crippen LogP contribution in [-0.2, 0) is 11.2 Å². The van der Waals surface area contributed by atoms with Crippen LogP contribution in [0.5, 0.6) is 11.8 Å². The molecule has 1 amide bonds. The monoisotopic (exact) mass is 277 g/mol. The molecule has 1 N–H and O–H groups in total. The van der Waals surface area contributed by atoms with Gasteiger partial charge in [-0.2, -0.15) is 0 Å². The lowest BCUT2D eigenvalue weighted by Crippen LogP contribution is -2.12. The third-order valence-electron chi connectivity index (χ3n) is 2.57. The molecular weight excluding hydrogens is 262 g/mol. The molecule has 0 unspecified atom stereocenters. The zero-order valence-corrected chi connectivity index (χ0v) is 11.3. The molecule has 0 saturated heterocycles. The molecule has 0 aliphatic carbocycles. The molecule has 2 rings (SSSR count). The van der Waals surface area contributed by atoms with E-state index in [0.717, 1.165) is 0 Å². The van der Waals surface area contributed by atoms with Gasteiger partial charge in [0.05, 0.1) is 26.1 Å². The predicted octanol–water partition coefficient (Wildman–Crippen LogP) is 1.66. The minimum Gasteiger partial charge on any atom is -0.481 e. The van der Waals surface area contributed by atoms with E-state index >= 15 is 0 Å². The number of hydrogen-bond donors (Lipinski definition) is 1. The molecule has 106 valence electrons. The summed E-state index contributed by atoms with van der Waals surface area (Å²) in [7, 11) is 3.04. The summed E-state index contributed by atoms with van der Waals surface area (Å²) in [6.45, 7) is 0. The van der Waals surface area contributed by atoms with E-state index in [1.807, 2.05) is 0 Å². The summed E-state index contributed by atoms with van der Waals surface area (Å²) in [6.07, 6.45) is 2.27. The van der Waals surface area contributed by atoms with E-state index in [4.69, 9.17) is 14.0 Å². The summed E-state index contributed by atoms with van der Waals surface area (Å²) in [5, 5.41) is 6.40. The van der Waals surface area contributed by atoms with Gasteiger partial charge in [-0.15, -0.1) is 0 Å². The van der Waals surface area contributed by atoms with Crippen molar-refractivity contribution in [2.24, 2.45) is 0 Å². The minimum atomic E-state index is -0.132. The first-order valence-electron chi connectivity index (χ1n) is 6.00. The van der Waals surface area contributed by atoms with Crippen molar-refractivity contribution in [3.8, 4) is 11.8 Å². The molecule has 0 aliphatic rings. The van der Waals surface area contributed by atoms with Crippen molar-refractivity contribution in [2.45, 2.75) is 12.8 Å². The van der Waals surface area contributed by atoms with Gasteiger partial charge in [0.2, 0.25) is 11.8 Å². The van der Waals surface area contributed by atoms with Crippen LogP contribution < -0.4 is 14.8 Å². The average molecular weight is 277 g/mol. The van der Waals surface area contributed by atoms with Crippen LogP contribution in [0.4, 0.5) is 5.69 Å². The Hall–Kier alpha value is -2.57. The highest BCUT2D eigenvalue weighted by molar-refractivity contribution is 5.90. The standard InChI is InChI=1S/C13H15N3O4/c1-18-12-6-3-9(8-14-12)15-11(17)5-4-10-7-13(19-2)16-20-10/h3,6-8H,4-5H2,1-2H3,(H,15,17). The van der Waals surface area contributed by atoms with Crippen molar-refractivity contribution in [3.63, 3.8) is 0 Å². The number of aryl methyl sites for hydroxylation is 1. The zero-order chi connectivity index (χ0) is 14.4. The highest BCUT2D eigenvalue weighted by Crippen LogP contribution is 2.14. The maximum Gasteiger partial charge on any atom is 0.254 e. The SMILES string of the molecule is COc1ccc(NC(=O)CCc2cc(OC)no2)cn1. The molecule has 0 saturated carbocycles. The number of nitrogens with zero attached hydrogens (tertiary/aromatic N) is 2. The van der Waals surface area contributed by atoms with Gasteiger partial charge < -0.3 is 19.3 Å². The van der Waals surface area contributed by atoms with E-state index in [1.54, 1.807) is 18.2 Å². The Kier molecular flexibility index (Phi) is 4.54. The number of carbonyl (C=O) groups is 1. The maximum absolute atomic E-state index is 11.8. The lowest BCUT2D eigenvalue weighted by molar-refractivity contribution is -0.116. The molecule has 0 fully saturated rings. The van der Waals surface area contributed by atoms with Crippen molar-refractivity contribution >= 4 is 11.6 Å². The third-order valence-corrected chi connectivity index (χ3v) is 2.57. The summed E-state index contributed by atoms with van der Waals surface area (Å²) in [5.41, 5.74) is 0.617. The smallest absolute Gasteiger partial charge is 0.254 e. The fourth-order valence-electron chi connectivity index (χ4n) is 1.54. The van der Waals surface area contributed by atoms with Gasteiger partial charge in [0.25, 0.3) is 5.88 Å². The van der Waals surface area contributed by atoms with Gasteiger partial charge in [-0.25, -0.2) is 4.98 Å². The second-order valence-electron chi connectivity index (χ2n) is 3.97. The first kappa shape index (κ1) is 13.9. The Labute approximate surface area is 115 Å². The first-order chi connectivity index (χ1) is 9.71. The molecule has 0 aromatic carbocycles. The van der Waals surface area contributed by atoms with Gasteiger partial charge in [-0.3, -0.25) is 4.79 Å². The number of nitrogens with one attached hydrogen (secondary N) is 1. The van der Waals surface area contributed by atoms with Crippen LogP contribution in [-0.4, -0.2) is 30.3 Å². The van der Waals surface area contributed by atoms with Crippen LogP contribution in [0.1, 0.15) is 12.2 Å². The fourth-order valence-corrected chi connectivity index (χ4v) is 1.54. The molecule has 2 aromatic heterocycles. The number of carbonyl (C=O) groups excluding carboxylic acids is 1. The van der Waals surface area contributed by atoms with Crippen LogP contribution in [0.25, 0.3) is 0 Å². The van der Waals surface area contributed by atoms with Gasteiger partial charge in [-0.05, 0) is 11.2 Å². The van der Waals surface area contributed by atoms with Crippen molar-refractivity contribution in [1.82, 2.24) is 10.1 Å². The molecule has 7 heteroatoms. The van der Waals surface area contributed by atoms with Gasteiger partial charge in [0.15, 0.2) is 0 Å². The van der Waals surface area contributed by atoms with Crippen LogP contribution >= 0.6 is 0 Å². The molecule has 2 heterocycles. The number of anilines is 1. The first-order valence-corrected chi connectivity index (χ1v) is 6.00. The second kappa shape index (κ2) is 6.55. The van der Waals surface area contributed by atoms with Crippen molar-refractivity contribution in [1.29, 1.82) is 0 Å². The van der Waals surface area contributed by atoms with Gasteiger partial charge in [-0.1, -0.05) is 0 Å². The lowest BCUT2D eigenvalue weighted by Gasteiger charge is -2.04. The molecule has 20 heavy (non-hydrogen) atoms. The van der Waals surface area contributed by atoms with Gasteiger partial charge in [0.1, 0.15) is 5.76 Å². The zero-order valence-electron chi connectivity index (χ0n) is 11.3. The fraction of sp³-hybridized carbons (Fsp3) is 0.308. The molecule has 7 nitrogen and oxygen atoms in total. The summed E-state index contributed by atoms with van der Waals surface area (Å²) in [5.74, 6) is 1.37. The normalized spacial score (nSPS) is 10.1. The summed E-state index contributed by atoms with van der Waals surface area (Å²) in [4.78, 5) is 15.8. The second-order valence-corrected chi connectivity index (χ2v) is 3.97. The summed E-state index contributed by atoms with van der Waals surface area (Å²) >= 11 is 0. The molecule has 0 radical (unpaired) electrons. The van der Waals surface area contributed by atoms with Crippen molar-refractivity contribution in [2.75, 3.05) is 19.5 Å². The number of pyridine rings is 1. The highest BCUT2D eigenvalue weighted by atomic mass is 16.5. The van der Waals surface area contributed by atoms with E-state index in [-0.39, 0.29) is 12.3 Å². The van der Waals surface area contributed by atoms with Crippen molar-refractivity contribution < 1.29 is 18.8 Å². The van der Waals surface area contributed by atoms with Gasteiger partial charge in [0, 0.05) is 25.0 Å². The number of ether oxygens (including phenoxy) is 2. The average Bonchev–Trinajstić information content (AvgIpc) is 2.94. The lowest BCUT2D eigenvalue weighted by atomic mass is 10.2. The van der Waals surface area contributed by atoms with E-state index < -0.39 is 0 Å². The molecule has 0 bridgehead atoms. The van der Waals surface area contributed by atoms with Crippen LogP contribution in [0.2, 0.25) is 0 Å². The number of hydrogen-bond acceptors (Lipinski definition) is 6. The quantitative estimate of drug-likeness (QED) is 0.864. The number of methoxy groups -OCH3 is 2. The molecular formula is C13H15N3O4. The van der Waals surface area contributed by atoms with Crippen LogP contribution in [0.3, 0.4) is 0 Å². The van der Waals surface area contributed by atoms with Crippen LogP contribution in [0.15, 0.2) is 28.9 Å². The predicted molar refractivity (Wildman–Crippen MR) is 70.8 cm³/mol. The highest BCUT2D eigenvalue weighted by Gasteiger charge is 2.08. The van der Waals surface area contributed by atoms with E-state index in [9.17, 15) is 4.79 Å². The number of rotatable bonds is 6. The Morgan fingerprint density at radius 1 is 1.30 bits per heavy atom. The molecule has 0 atom stereocenters.